The van der Waals surface area contributed by atoms with Gasteiger partial charge in [-0.3, -0.25) is 37.3 Å². The molecule has 0 aromatic carbocycles. The monoisotopic (exact) mass is 1250 g/mol. The third kappa shape index (κ3) is 58.2. The molecule has 7 atom stereocenters. The van der Waals surface area contributed by atoms with Crippen molar-refractivity contribution in [3.63, 3.8) is 0 Å². The SMILES string of the molecule is CCC(C)CCCCCCCCCCCCC(=O)O[C@H](COC(=O)CCCCCCCCC(C)C)COP(=O)(O)OC[C@@H](O)COP(=O)(O)OC[C@@H](COC(=O)CCCCCCCCC(C)CC)OC(=O)CCCCCCCCCCCC(C)C. The molecule has 0 aliphatic heterocycles. The molecule has 0 aliphatic rings. The minimum absolute atomic E-state index is 0.104. The molecule has 0 bridgehead atoms. The maximum atomic E-state index is 13.0. The maximum Gasteiger partial charge on any atom is 0.472 e. The van der Waals surface area contributed by atoms with Crippen LogP contribution in [0.1, 0.15) is 319 Å². The van der Waals surface area contributed by atoms with Crippen LogP contribution < -0.4 is 0 Å². The highest BCUT2D eigenvalue weighted by atomic mass is 31.2. The average molecular weight is 1260 g/mol. The average Bonchev–Trinajstić information content (AvgIpc) is 3.58. The molecule has 0 radical (unpaired) electrons. The first kappa shape index (κ1) is 83.1. The lowest BCUT2D eigenvalue weighted by atomic mass is 9.99. The number of carbonyl (C=O) groups excluding carboxylic acids is 4. The number of hydrogen-bond acceptors (Lipinski definition) is 15. The van der Waals surface area contributed by atoms with Crippen molar-refractivity contribution in [2.45, 2.75) is 337 Å². The van der Waals surface area contributed by atoms with Crippen LogP contribution in [0.5, 0.6) is 0 Å². The van der Waals surface area contributed by atoms with Crippen molar-refractivity contribution >= 4 is 39.5 Å². The molecule has 4 unspecified atom stereocenters. The van der Waals surface area contributed by atoms with Gasteiger partial charge in [0.25, 0.3) is 0 Å². The smallest absolute Gasteiger partial charge is 0.462 e. The van der Waals surface area contributed by atoms with Crippen molar-refractivity contribution in [2.24, 2.45) is 23.7 Å². The zero-order valence-corrected chi connectivity index (χ0v) is 57.0. The Morgan fingerprint density at radius 3 is 0.835 bits per heavy atom. The number of esters is 4. The van der Waals surface area contributed by atoms with Crippen molar-refractivity contribution in [3.05, 3.63) is 0 Å². The molecule has 504 valence electrons. The lowest BCUT2D eigenvalue weighted by Crippen LogP contribution is -2.30. The normalized spacial score (nSPS) is 15.0. The number of hydrogen-bond donors (Lipinski definition) is 3. The van der Waals surface area contributed by atoms with Crippen LogP contribution in [-0.2, 0) is 65.4 Å². The van der Waals surface area contributed by atoms with Gasteiger partial charge in [-0.15, -0.1) is 0 Å². The van der Waals surface area contributed by atoms with Crippen LogP contribution >= 0.6 is 15.6 Å². The van der Waals surface area contributed by atoms with Gasteiger partial charge in [-0.1, -0.05) is 267 Å². The van der Waals surface area contributed by atoms with Crippen LogP contribution in [0.4, 0.5) is 0 Å². The van der Waals surface area contributed by atoms with Gasteiger partial charge in [0, 0.05) is 25.7 Å². The second-order valence-electron chi connectivity index (χ2n) is 25.3. The van der Waals surface area contributed by atoms with Crippen molar-refractivity contribution in [3.8, 4) is 0 Å². The van der Waals surface area contributed by atoms with Crippen LogP contribution in [0.25, 0.3) is 0 Å². The quantitative estimate of drug-likeness (QED) is 0.0222. The summed E-state index contributed by atoms with van der Waals surface area (Å²) in [4.78, 5) is 72.3. The van der Waals surface area contributed by atoms with Crippen LogP contribution in [0.15, 0.2) is 0 Å². The first-order valence-corrected chi connectivity index (χ1v) is 37.3. The van der Waals surface area contributed by atoms with Crippen LogP contribution in [0, 0.1) is 23.7 Å². The molecule has 0 aromatic rings. The van der Waals surface area contributed by atoms with Crippen LogP contribution in [0.2, 0.25) is 0 Å². The second-order valence-corrected chi connectivity index (χ2v) is 28.2. The molecule has 0 saturated carbocycles. The van der Waals surface area contributed by atoms with Crippen molar-refractivity contribution in [2.75, 3.05) is 39.6 Å². The fourth-order valence-corrected chi connectivity index (χ4v) is 11.3. The summed E-state index contributed by atoms with van der Waals surface area (Å²) in [6.07, 6.45) is 36.3. The van der Waals surface area contributed by atoms with Crippen molar-refractivity contribution < 1.29 is 80.2 Å². The van der Waals surface area contributed by atoms with Gasteiger partial charge in [-0.25, -0.2) is 9.13 Å². The van der Waals surface area contributed by atoms with Gasteiger partial charge in [0.2, 0.25) is 0 Å². The summed E-state index contributed by atoms with van der Waals surface area (Å²) in [6, 6.07) is 0. The molecule has 85 heavy (non-hydrogen) atoms. The van der Waals surface area contributed by atoms with Gasteiger partial charge in [-0.2, -0.15) is 0 Å². The van der Waals surface area contributed by atoms with E-state index in [4.69, 9.17) is 37.0 Å². The van der Waals surface area contributed by atoms with E-state index in [1.165, 1.54) is 109 Å². The van der Waals surface area contributed by atoms with E-state index in [-0.39, 0.29) is 25.7 Å². The van der Waals surface area contributed by atoms with Gasteiger partial charge < -0.3 is 33.8 Å². The van der Waals surface area contributed by atoms with Gasteiger partial charge in [-0.05, 0) is 49.4 Å². The first-order chi connectivity index (χ1) is 40.7. The summed E-state index contributed by atoms with van der Waals surface area (Å²) in [7, 11) is -9.89. The Hall–Kier alpha value is -1.94. The maximum absolute atomic E-state index is 13.0. The van der Waals surface area contributed by atoms with Crippen LogP contribution in [0.3, 0.4) is 0 Å². The molecule has 0 saturated heterocycles. The lowest BCUT2D eigenvalue weighted by molar-refractivity contribution is -0.161. The number of ether oxygens (including phenoxy) is 4. The molecule has 0 aromatic heterocycles. The lowest BCUT2D eigenvalue weighted by Gasteiger charge is -2.21. The first-order valence-electron chi connectivity index (χ1n) is 34.3. The second kappa shape index (κ2) is 56.1. The predicted octanol–water partition coefficient (Wildman–Crippen LogP) is 18.1. The Labute approximate surface area is 517 Å². The Morgan fingerprint density at radius 2 is 0.565 bits per heavy atom. The third-order valence-corrected chi connectivity index (χ3v) is 17.7. The van der Waals surface area contributed by atoms with E-state index in [2.05, 4.69) is 55.4 Å². The summed E-state index contributed by atoms with van der Waals surface area (Å²) in [5, 5.41) is 10.5. The number of phosphoric ester groups is 2. The van der Waals surface area contributed by atoms with Gasteiger partial charge in [0.15, 0.2) is 12.2 Å². The molecular formula is C66H128O17P2. The number of carbonyl (C=O) groups is 4. The summed E-state index contributed by atoms with van der Waals surface area (Å²) < 4.78 is 68.1. The summed E-state index contributed by atoms with van der Waals surface area (Å²) in [5.41, 5.74) is 0. The van der Waals surface area contributed by atoms with Gasteiger partial charge in [0.1, 0.15) is 19.3 Å². The van der Waals surface area contributed by atoms with Crippen LogP contribution in [-0.4, -0.2) is 96.7 Å². The molecule has 17 nitrogen and oxygen atoms in total. The molecule has 0 spiro atoms. The predicted molar refractivity (Wildman–Crippen MR) is 340 cm³/mol. The molecule has 0 amide bonds. The largest absolute Gasteiger partial charge is 0.472 e. The van der Waals surface area contributed by atoms with Crippen molar-refractivity contribution in [1.29, 1.82) is 0 Å². The van der Waals surface area contributed by atoms with E-state index in [1.807, 2.05) is 0 Å². The summed E-state index contributed by atoms with van der Waals surface area (Å²) in [6.45, 7) is 14.0. The number of aliphatic hydroxyl groups is 1. The molecule has 0 heterocycles. The molecule has 0 aliphatic carbocycles. The highest BCUT2D eigenvalue weighted by Gasteiger charge is 2.30. The molecule has 0 fully saturated rings. The molecule has 3 N–H and O–H groups in total. The van der Waals surface area contributed by atoms with Gasteiger partial charge >= 0.3 is 39.5 Å². The fraction of sp³-hybridized carbons (Fsp3) is 0.939. The zero-order valence-electron chi connectivity index (χ0n) is 55.2. The standard InChI is InChI=1S/C66H128O17P2/c1-9-58(7)44-36-28-19-15-11-12-16-20-32-40-48-65(70)82-61(52-76-63(68)46-38-30-24-22-27-35-43-57(5)6)54-80-84(72,73)78-50-60(67)51-79-85(74,75)81-55-62(53-77-64(69)47-39-31-25-23-29-37-45-59(8)10-2)83-66(71)49-41-33-21-17-13-14-18-26-34-42-56(3)4/h56-62,67H,9-55H2,1-8H3,(H,72,73)(H,74,75)/t58?,59?,60-,61-,62-/m1/s1. The third-order valence-electron chi connectivity index (χ3n) is 15.8. The molecular weight excluding hydrogens is 1130 g/mol. The Balaban J connectivity index is 5.26. The number of rotatable bonds is 63. The topological polar surface area (TPSA) is 237 Å². The Bertz CT molecular complexity index is 1700. The Morgan fingerprint density at radius 1 is 0.329 bits per heavy atom. The fourth-order valence-electron chi connectivity index (χ4n) is 9.72. The number of aliphatic hydroxyl groups excluding tert-OH is 1. The van der Waals surface area contributed by atoms with E-state index in [0.29, 0.717) is 31.6 Å². The van der Waals surface area contributed by atoms with E-state index in [1.54, 1.807) is 0 Å². The Kier molecular flexibility index (Phi) is 54.8. The van der Waals surface area contributed by atoms with Gasteiger partial charge in [0.05, 0.1) is 26.4 Å². The van der Waals surface area contributed by atoms with E-state index in [9.17, 15) is 43.2 Å². The number of phosphoric acid groups is 2. The minimum Gasteiger partial charge on any atom is -0.462 e. The van der Waals surface area contributed by atoms with E-state index in [0.717, 1.165) is 120 Å². The number of unbranched alkanes of at least 4 members (excludes halogenated alkanes) is 27. The summed E-state index contributed by atoms with van der Waals surface area (Å²) >= 11 is 0. The van der Waals surface area contributed by atoms with E-state index >= 15 is 0 Å². The minimum atomic E-state index is -4.95. The highest BCUT2D eigenvalue weighted by Crippen LogP contribution is 2.45. The van der Waals surface area contributed by atoms with Crippen molar-refractivity contribution in [1.82, 2.24) is 0 Å². The highest BCUT2D eigenvalue weighted by molar-refractivity contribution is 7.47. The summed E-state index contributed by atoms with van der Waals surface area (Å²) in [5.74, 6) is 0.811. The molecule has 19 heteroatoms. The zero-order chi connectivity index (χ0) is 63.2. The molecule has 0 rings (SSSR count). The van der Waals surface area contributed by atoms with E-state index < -0.39 is 97.5 Å².